The fourth-order valence-electron chi connectivity index (χ4n) is 3.26. The van der Waals surface area contributed by atoms with E-state index in [1.165, 1.54) is 9.87 Å². The molecule has 0 saturated heterocycles. The minimum absolute atomic E-state index is 0.0549. The molecule has 0 aliphatic heterocycles. The van der Waals surface area contributed by atoms with Crippen molar-refractivity contribution in [1.82, 2.24) is 5.32 Å². The molecule has 6 heteroatoms. The van der Waals surface area contributed by atoms with Gasteiger partial charge in [-0.2, -0.15) is 0 Å². The third-order valence-electron chi connectivity index (χ3n) is 4.68. The molecule has 2 aromatic rings. The number of benzene rings is 2. The summed E-state index contributed by atoms with van der Waals surface area (Å²) in [5, 5.41) is 2.99. The number of carbonyl (C=O) groups is 1. The van der Waals surface area contributed by atoms with E-state index in [4.69, 9.17) is 0 Å². The van der Waals surface area contributed by atoms with E-state index in [0.717, 1.165) is 24.7 Å². The van der Waals surface area contributed by atoms with E-state index in [1.54, 1.807) is 18.2 Å². The van der Waals surface area contributed by atoms with Gasteiger partial charge in [0.2, 0.25) is 15.9 Å². The van der Waals surface area contributed by atoms with Crippen molar-refractivity contribution >= 4 is 21.6 Å². The Morgan fingerprint density at radius 1 is 1.11 bits per heavy atom. The van der Waals surface area contributed by atoms with Crippen LogP contribution in [0.5, 0.6) is 0 Å². The van der Waals surface area contributed by atoms with Gasteiger partial charge in [0, 0.05) is 6.04 Å². The Labute approximate surface area is 168 Å². The number of amides is 1. The molecular formula is C22H30N2O3S. The molecule has 0 aliphatic carbocycles. The van der Waals surface area contributed by atoms with E-state index in [9.17, 15) is 13.2 Å². The van der Waals surface area contributed by atoms with Crippen molar-refractivity contribution in [3.8, 4) is 0 Å². The Bertz CT molecular complexity index is 882. The molecule has 0 aromatic heterocycles. The van der Waals surface area contributed by atoms with E-state index in [2.05, 4.69) is 17.4 Å². The van der Waals surface area contributed by atoms with E-state index < -0.39 is 16.1 Å². The van der Waals surface area contributed by atoms with Crippen molar-refractivity contribution in [2.75, 3.05) is 10.6 Å². The van der Waals surface area contributed by atoms with Crippen LogP contribution in [0.25, 0.3) is 0 Å². The first-order valence-electron chi connectivity index (χ1n) is 9.62. The van der Waals surface area contributed by atoms with Gasteiger partial charge < -0.3 is 5.32 Å². The van der Waals surface area contributed by atoms with Crippen LogP contribution < -0.4 is 9.62 Å². The van der Waals surface area contributed by atoms with Gasteiger partial charge in [0.05, 0.1) is 11.9 Å². The zero-order valence-corrected chi connectivity index (χ0v) is 17.9. The largest absolute Gasteiger partial charge is 0.352 e. The number of anilines is 1. The first-order valence-corrected chi connectivity index (χ1v) is 11.5. The molecule has 0 bridgehead atoms. The SMILES string of the molecule is CC[C@@H](C(=O)N[C@@H](C)CCc1ccccc1)N(c1cccc(C)c1)S(C)(=O)=O. The molecule has 2 rings (SSSR count). The standard InChI is InChI=1S/C22H30N2O3S/c1-5-21(24(28(4,26)27)20-13-9-10-17(2)16-20)22(25)23-18(3)14-15-19-11-7-6-8-12-19/h6-13,16,18,21H,5,14-15H2,1-4H3,(H,23,25)/t18-,21-/m0/s1. The van der Waals surface area contributed by atoms with Crippen LogP contribution in [-0.4, -0.2) is 32.7 Å². The summed E-state index contributed by atoms with van der Waals surface area (Å²) in [6, 6.07) is 16.5. The first kappa shape index (κ1) is 22.0. The molecule has 0 heterocycles. The van der Waals surface area contributed by atoms with Gasteiger partial charge in [-0.05, 0) is 56.4 Å². The second kappa shape index (κ2) is 9.73. The minimum atomic E-state index is -3.61. The Hall–Kier alpha value is -2.34. The second-order valence-electron chi connectivity index (χ2n) is 7.26. The molecule has 0 spiro atoms. The number of nitrogens with one attached hydrogen (secondary N) is 1. The van der Waals surface area contributed by atoms with E-state index >= 15 is 0 Å². The van der Waals surface area contributed by atoms with Gasteiger partial charge in [-0.25, -0.2) is 8.42 Å². The number of rotatable bonds is 9. The van der Waals surface area contributed by atoms with Crippen LogP contribution in [0.1, 0.15) is 37.8 Å². The van der Waals surface area contributed by atoms with Crippen LogP contribution in [0, 0.1) is 6.92 Å². The maximum atomic E-state index is 12.9. The first-order chi connectivity index (χ1) is 13.2. The lowest BCUT2D eigenvalue weighted by Gasteiger charge is -2.31. The van der Waals surface area contributed by atoms with Crippen molar-refractivity contribution in [2.45, 2.75) is 52.1 Å². The number of hydrogen-bond acceptors (Lipinski definition) is 3. The Balaban J connectivity index is 2.12. The maximum Gasteiger partial charge on any atom is 0.244 e. The normalized spacial score (nSPS) is 13.6. The zero-order chi connectivity index (χ0) is 20.7. The number of hydrogen-bond donors (Lipinski definition) is 1. The summed E-state index contributed by atoms with van der Waals surface area (Å²) in [5.74, 6) is -0.269. The summed E-state index contributed by atoms with van der Waals surface area (Å²) in [6.07, 6.45) is 3.17. The van der Waals surface area contributed by atoms with Crippen molar-refractivity contribution in [3.05, 3.63) is 65.7 Å². The highest BCUT2D eigenvalue weighted by Crippen LogP contribution is 2.23. The third-order valence-corrected chi connectivity index (χ3v) is 5.86. The summed E-state index contributed by atoms with van der Waals surface area (Å²) in [5.41, 5.74) is 2.67. The Kier molecular flexibility index (Phi) is 7.63. The Morgan fingerprint density at radius 3 is 2.36 bits per heavy atom. The molecule has 2 aromatic carbocycles. The monoisotopic (exact) mass is 402 g/mol. The van der Waals surface area contributed by atoms with Crippen LogP contribution in [-0.2, 0) is 21.2 Å². The number of sulfonamides is 1. The van der Waals surface area contributed by atoms with Crippen molar-refractivity contribution in [2.24, 2.45) is 0 Å². The van der Waals surface area contributed by atoms with Gasteiger partial charge in [0.25, 0.3) is 0 Å². The summed E-state index contributed by atoms with van der Waals surface area (Å²) in [4.78, 5) is 12.9. The van der Waals surface area contributed by atoms with Gasteiger partial charge in [0.1, 0.15) is 6.04 Å². The molecule has 0 radical (unpaired) electrons. The van der Waals surface area contributed by atoms with Crippen molar-refractivity contribution < 1.29 is 13.2 Å². The van der Waals surface area contributed by atoms with Crippen molar-refractivity contribution in [1.29, 1.82) is 0 Å². The van der Waals surface area contributed by atoms with Crippen LogP contribution in [0.2, 0.25) is 0 Å². The molecule has 2 atom stereocenters. The van der Waals surface area contributed by atoms with Crippen molar-refractivity contribution in [3.63, 3.8) is 0 Å². The summed E-state index contributed by atoms with van der Waals surface area (Å²) in [7, 11) is -3.61. The Morgan fingerprint density at radius 2 is 1.79 bits per heavy atom. The molecule has 0 unspecified atom stereocenters. The van der Waals surface area contributed by atoms with E-state index in [0.29, 0.717) is 12.1 Å². The number of carbonyl (C=O) groups excluding carboxylic acids is 1. The molecule has 0 saturated carbocycles. The molecule has 28 heavy (non-hydrogen) atoms. The number of nitrogens with zero attached hydrogens (tertiary/aromatic N) is 1. The lowest BCUT2D eigenvalue weighted by atomic mass is 10.1. The lowest BCUT2D eigenvalue weighted by molar-refractivity contribution is -0.122. The molecule has 1 N–H and O–H groups in total. The van der Waals surface area contributed by atoms with Gasteiger partial charge in [-0.15, -0.1) is 0 Å². The molecule has 1 amide bonds. The van der Waals surface area contributed by atoms with Crippen LogP contribution in [0.15, 0.2) is 54.6 Å². The predicted molar refractivity (Wildman–Crippen MR) is 115 cm³/mol. The quantitative estimate of drug-likeness (QED) is 0.696. The van der Waals surface area contributed by atoms with Gasteiger partial charge in [-0.1, -0.05) is 49.4 Å². The highest BCUT2D eigenvalue weighted by molar-refractivity contribution is 7.92. The summed E-state index contributed by atoms with van der Waals surface area (Å²) < 4.78 is 26.2. The highest BCUT2D eigenvalue weighted by atomic mass is 32.2. The van der Waals surface area contributed by atoms with Crippen LogP contribution in [0.4, 0.5) is 5.69 Å². The van der Waals surface area contributed by atoms with Gasteiger partial charge in [0.15, 0.2) is 0 Å². The fourth-order valence-corrected chi connectivity index (χ4v) is 4.47. The van der Waals surface area contributed by atoms with Crippen LogP contribution in [0.3, 0.4) is 0 Å². The van der Waals surface area contributed by atoms with E-state index in [-0.39, 0.29) is 11.9 Å². The van der Waals surface area contributed by atoms with Crippen LogP contribution >= 0.6 is 0 Å². The van der Waals surface area contributed by atoms with Gasteiger partial charge >= 0.3 is 0 Å². The molecule has 5 nitrogen and oxygen atoms in total. The number of aryl methyl sites for hydroxylation is 2. The summed E-state index contributed by atoms with van der Waals surface area (Å²) in [6.45, 7) is 5.68. The fraction of sp³-hybridized carbons (Fsp3) is 0.409. The second-order valence-corrected chi connectivity index (χ2v) is 9.12. The molecule has 0 aliphatic rings. The lowest BCUT2D eigenvalue weighted by Crippen LogP contribution is -2.51. The molecular weight excluding hydrogens is 372 g/mol. The maximum absolute atomic E-state index is 12.9. The van der Waals surface area contributed by atoms with E-state index in [1.807, 2.05) is 45.0 Å². The van der Waals surface area contributed by atoms with Gasteiger partial charge in [-0.3, -0.25) is 9.10 Å². The average Bonchev–Trinajstić information content (AvgIpc) is 2.64. The molecule has 152 valence electrons. The highest BCUT2D eigenvalue weighted by Gasteiger charge is 2.32. The third kappa shape index (κ3) is 6.09. The smallest absolute Gasteiger partial charge is 0.244 e. The zero-order valence-electron chi connectivity index (χ0n) is 17.1. The summed E-state index contributed by atoms with van der Waals surface area (Å²) >= 11 is 0. The average molecular weight is 403 g/mol. The molecule has 0 fully saturated rings. The topological polar surface area (TPSA) is 66.5 Å². The predicted octanol–water partition coefficient (Wildman–Crippen LogP) is 3.68. The minimum Gasteiger partial charge on any atom is -0.352 e.